The number of aliphatic hydroxyl groups is 5. The van der Waals surface area contributed by atoms with E-state index in [0.29, 0.717) is 0 Å². The third-order valence-corrected chi connectivity index (χ3v) is 7.49. The van der Waals surface area contributed by atoms with Crippen LogP contribution in [0.1, 0.15) is 6.23 Å². The van der Waals surface area contributed by atoms with E-state index >= 15 is 0 Å². The van der Waals surface area contributed by atoms with Crippen LogP contribution < -0.4 is 11.2 Å². The van der Waals surface area contributed by atoms with Crippen LogP contribution in [-0.2, 0) is 32.0 Å². The number of aromatic nitrogens is 2. The number of aliphatic hydroxyl groups excluding tert-OH is 4. The van der Waals surface area contributed by atoms with Gasteiger partial charge in [0.15, 0.2) is 12.5 Å². The van der Waals surface area contributed by atoms with Gasteiger partial charge in [0, 0.05) is 12.3 Å². The van der Waals surface area contributed by atoms with E-state index in [0.717, 1.165) is 16.8 Å². The van der Waals surface area contributed by atoms with E-state index in [1.807, 2.05) is 4.98 Å². The molecule has 0 radical (unpaired) electrons. The molecule has 9 atom stereocenters. The minimum atomic E-state index is -5.48. The fraction of sp³-hybridized carbons (Fsp3) is 0.714. The third-order valence-electron chi connectivity index (χ3n) is 4.89. The molecule has 18 nitrogen and oxygen atoms in total. The van der Waals surface area contributed by atoms with Crippen molar-refractivity contribution in [3.8, 4) is 0 Å². The van der Waals surface area contributed by atoms with Crippen molar-refractivity contribution in [2.24, 2.45) is 0 Å². The molecule has 0 saturated carbocycles. The first kappa shape index (κ1) is 27.3. The molecule has 2 saturated heterocycles. The Morgan fingerprint density at radius 3 is 2.44 bits per heavy atom. The van der Waals surface area contributed by atoms with E-state index in [-0.39, 0.29) is 0 Å². The second kappa shape index (κ2) is 9.96. The van der Waals surface area contributed by atoms with Crippen LogP contribution in [0.4, 0.5) is 0 Å². The molecule has 0 aliphatic carbocycles. The molecular weight excluding hydrogens is 514 g/mol. The molecule has 1 aromatic rings. The molecule has 2 aliphatic rings. The molecule has 194 valence electrons. The second-order valence-corrected chi connectivity index (χ2v) is 10.4. The number of rotatable bonds is 9. The van der Waals surface area contributed by atoms with Crippen molar-refractivity contribution in [3.63, 3.8) is 0 Å². The Hall–Kier alpha value is -1.34. The number of H-pyrrole nitrogens is 1. The van der Waals surface area contributed by atoms with Crippen LogP contribution in [0.2, 0.25) is 0 Å². The van der Waals surface area contributed by atoms with Gasteiger partial charge in [-0.1, -0.05) is 0 Å². The quantitative estimate of drug-likeness (QED) is 0.139. The molecule has 0 bridgehead atoms. The average Bonchev–Trinajstić information content (AvgIpc) is 3.17. The fourth-order valence-electron chi connectivity index (χ4n) is 3.08. The predicted octanol–water partition coefficient (Wildman–Crippen LogP) is -4.15. The van der Waals surface area contributed by atoms with Crippen LogP contribution in [0.25, 0.3) is 0 Å². The summed E-state index contributed by atoms with van der Waals surface area (Å²) in [5.41, 5.74) is -3.94. The van der Waals surface area contributed by atoms with Crippen LogP contribution in [0.15, 0.2) is 21.9 Å². The van der Waals surface area contributed by atoms with Gasteiger partial charge in [-0.3, -0.25) is 23.4 Å². The van der Waals surface area contributed by atoms with Crippen LogP contribution >= 0.6 is 15.6 Å². The van der Waals surface area contributed by atoms with Gasteiger partial charge in [-0.25, -0.2) is 13.9 Å². The summed E-state index contributed by atoms with van der Waals surface area (Å²) in [6.07, 6.45) is -9.63. The number of hydrogen-bond acceptors (Lipinski definition) is 14. The largest absolute Gasteiger partial charge is 0.483 e. The van der Waals surface area contributed by atoms with Crippen molar-refractivity contribution in [1.29, 1.82) is 0 Å². The summed E-state index contributed by atoms with van der Waals surface area (Å²) in [6, 6.07) is 0.939. The first-order valence-corrected chi connectivity index (χ1v) is 12.3. The van der Waals surface area contributed by atoms with E-state index < -0.39 is 89.2 Å². The van der Waals surface area contributed by atoms with Gasteiger partial charge in [-0.15, -0.1) is 0 Å². The van der Waals surface area contributed by atoms with Gasteiger partial charge < -0.3 is 44.8 Å². The lowest BCUT2D eigenvalue weighted by molar-refractivity contribution is -0.122. The van der Waals surface area contributed by atoms with Gasteiger partial charge in [0.05, 0.1) is 19.8 Å². The van der Waals surface area contributed by atoms with Gasteiger partial charge >= 0.3 is 21.3 Å². The zero-order chi connectivity index (χ0) is 25.5. The van der Waals surface area contributed by atoms with Gasteiger partial charge in [0.1, 0.15) is 30.0 Å². The van der Waals surface area contributed by atoms with Crippen LogP contribution in [0.3, 0.4) is 0 Å². The number of ether oxygens (including phenoxy) is 2. The van der Waals surface area contributed by atoms with Crippen molar-refractivity contribution in [1.82, 2.24) is 9.55 Å². The maximum absolute atomic E-state index is 12.1. The Labute approximate surface area is 188 Å². The van der Waals surface area contributed by atoms with Crippen molar-refractivity contribution < 1.29 is 67.3 Å². The van der Waals surface area contributed by atoms with E-state index in [1.54, 1.807) is 0 Å². The zero-order valence-electron chi connectivity index (χ0n) is 16.9. The third kappa shape index (κ3) is 5.89. The zero-order valence-corrected chi connectivity index (χ0v) is 18.7. The molecule has 8 N–H and O–H groups in total. The molecule has 0 aromatic carbocycles. The topological polar surface area (TPSA) is 277 Å². The summed E-state index contributed by atoms with van der Waals surface area (Å²) in [6.45, 7) is -2.68. The van der Waals surface area contributed by atoms with Gasteiger partial charge in [-0.2, -0.15) is 4.31 Å². The Morgan fingerprint density at radius 1 is 1.18 bits per heavy atom. The summed E-state index contributed by atoms with van der Waals surface area (Å²) in [5, 5.41) is 48.8. The maximum Gasteiger partial charge on any atom is 0.483 e. The van der Waals surface area contributed by atoms with Crippen molar-refractivity contribution in [2.45, 2.75) is 42.5 Å². The highest BCUT2D eigenvalue weighted by atomic mass is 31.3. The van der Waals surface area contributed by atoms with Crippen LogP contribution in [0.5, 0.6) is 0 Å². The highest BCUT2D eigenvalue weighted by Crippen LogP contribution is 2.61. The Balaban J connectivity index is 1.60. The number of nitrogens with one attached hydrogen (secondary N) is 1. The molecule has 2 unspecified atom stereocenters. The van der Waals surface area contributed by atoms with Gasteiger partial charge in [0.25, 0.3) is 5.56 Å². The smallest absolute Gasteiger partial charge is 0.393 e. The Bertz CT molecular complexity index is 1090. The molecule has 34 heavy (non-hydrogen) atoms. The minimum Gasteiger partial charge on any atom is -0.393 e. The normalized spacial score (nSPS) is 37.4. The number of hydrogen-bond donors (Lipinski definition) is 8. The second-order valence-electron chi connectivity index (χ2n) is 7.37. The highest BCUT2D eigenvalue weighted by molar-refractivity contribution is 7.61. The first-order chi connectivity index (χ1) is 15.7. The van der Waals surface area contributed by atoms with Gasteiger partial charge in [0.2, 0.25) is 0 Å². The van der Waals surface area contributed by atoms with Crippen molar-refractivity contribution >= 4 is 15.6 Å². The monoisotopic (exact) mass is 536 g/mol. The summed E-state index contributed by atoms with van der Waals surface area (Å²) in [7, 11) is -10.9. The molecule has 3 heterocycles. The summed E-state index contributed by atoms with van der Waals surface area (Å²) in [4.78, 5) is 44.3. The van der Waals surface area contributed by atoms with Crippen molar-refractivity contribution in [2.75, 3.05) is 19.8 Å². The summed E-state index contributed by atoms with van der Waals surface area (Å²) < 4.78 is 47.7. The highest BCUT2D eigenvalue weighted by Gasteiger charge is 2.52. The number of nitrogens with zero attached hydrogens (tertiary/aromatic N) is 1. The molecule has 3 rings (SSSR count). The number of phosphoric acid groups is 2. The molecule has 0 amide bonds. The Kier molecular flexibility index (Phi) is 7.98. The lowest BCUT2D eigenvalue weighted by atomic mass is 10.0. The number of aromatic amines is 1. The molecule has 2 fully saturated rings. The fourth-order valence-corrected chi connectivity index (χ4v) is 5.24. The first-order valence-electron chi connectivity index (χ1n) is 9.34. The molecule has 0 spiro atoms. The van der Waals surface area contributed by atoms with E-state index in [1.165, 1.54) is 0 Å². The van der Waals surface area contributed by atoms with Crippen molar-refractivity contribution in [3.05, 3.63) is 33.1 Å². The maximum atomic E-state index is 12.1. The molecule has 1 aromatic heterocycles. The van der Waals surface area contributed by atoms with Crippen LogP contribution in [0, 0.1) is 0 Å². The lowest BCUT2D eigenvalue weighted by Crippen LogP contribution is -2.47. The van der Waals surface area contributed by atoms with E-state index in [2.05, 4.69) is 13.4 Å². The van der Waals surface area contributed by atoms with Gasteiger partial charge in [-0.05, 0) is 0 Å². The number of phosphoric ester groups is 2. The lowest BCUT2D eigenvalue weighted by Gasteiger charge is -2.24. The molecule has 2 aliphatic heterocycles. The predicted molar refractivity (Wildman–Crippen MR) is 103 cm³/mol. The summed E-state index contributed by atoms with van der Waals surface area (Å²) in [5.74, 6) is 0. The minimum absolute atomic E-state index is 0.693. The molecular formula is C14H22N2O16P2. The SMILES string of the molecule is O=c1ccn([C@@H]2O[C@H](COP(=O)(O)OP(=O)(O)O[C@@H]3OC[C@](O)(CO)[C@H]3O)[C@@H](O)[C@H]2O)c(=O)[nH]1. The van der Waals surface area contributed by atoms with E-state index in [4.69, 9.17) is 14.6 Å². The molecule has 20 heteroatoms. The average molecular weight is 536 g/mol. The Morgan fingerprint density at radius 2 is 1.85 bits per heavy atom. The van der Waals surface area contributed by atoms with E-state index in [9.17, 15) is 48.9 Å². The van der Waals surface area contributed by atoms with Crippen LogP contribution in [-0.4, -0.2) is 101 Å². The summed E-state index contributed by atoms with van der Waals surface area (Å²) >= 11 is 0. The standard InChI is InChI=1S/C14H22N2O16P2/c17-4-14(23)5-28-12(10(14)21)31-34(26,27)32-33(24,25)29-3-6-8(19)9(20)11(30-6)16-2-1-7(18)15-13(16)22/h1-2,6,8-12,17,19-21,23H,3-5H2,(H,24,25)(H,26,27)(H,15,18,22)/t6-,8-,9-,10+,11-,12+,14-/m1/s1.